The van der Waals surface area contributed by atoms with E-state index in [1.165, 1.54) is 28.7 Å². The number of nitrogens with zero attached hydrogens (tertiary/aromatic N) is 2. The summed E-state index contributed by atoms with van der Waals surface area (Å²) < 4.78 is 0.630. The van der Waals surface area contributed by atoms with E-state index in [0.717, 1.165) is 41.3 Å². The predicted molar refractivity (Wildman–Crippen MR) is 141 cm³/mol. The highest BCUT2D eigenvalue weighted by atomic mass is 32.2. The molecular weight excluding hydrogens is 464 g/mol. The maximum absolute atomic E-state index is 12.5. The zero-order valence-corrected chi connectivity index (χ0v) is 20.5. The number of nitrogens with one attached hydrogen (secondary N) is 2. The van der Waals surface area contributed by atoms with Crippen LogP contribution in [0.2, 0.25) is 0 Å². The summed E-state index contributed by atoms with van der Waals surface area (Å²) in [6.07, 6.45) is 3.63. The Bertz CT molecular complexity index is 1270. The molecule has 0 spiro atoms. The standard InChI is InChI=1S/C26H26N4O2S2/c1-2-3-7-18-12-14-21(15-13-18)27-24(32)17-33-26-30-29-25(34-26)28-23(31)16-20-10-6-9-19-8-4-5-11-22(19)20/h4-6,8-15H,2-3,7,16-17H2,1H3,(H,27,32)(H,28,29,31). The number of fused-ring (bicyclic) bond motifs is 1. The van der Waals surface area contributed by atoms with Crippen LogP contribution in [0.3, 0.4) is 0 Å². The highest BCUT2D eigenvalue weighted by Crippen LogP contribution is 2.26. The average Bonchev–Trinajstić information content (AvgIpc) is 3.29. The first-order valence-corrected chi connectivity index (χ1v) is 13.0. The van der Waals surface area contributed by atoms with Crippen molar-refractivity contribution in [2.75, 3.05) is 16.4 Å². The van der Waals surface area contributed by atoms with Crippen LogP contribution in [0, 0.1) is 0 Å². The fourth-order valence-electron chi connectivity index (χ4n) is 3.56. The maximum atomic E-state index is 12.5. The molecule has 0 saturated carbocycles. The Kier molecular flexibility index (Phi) is 8.27. The molecule has 0 aliphatic heterocycles. The molecule has 0 unspecified atom stereocenters. The summed E-state index contributed by atoms with van der Waals surface area (Å²) in [6.45, 7) is 2.17. The number of thioether (sulfide) groups is 1. The van der Waals surface area contributed by atoms with Crippen molar-refractivity contribution in [1.29, 1.82) is 0 Å². The van der Waals surface area contributed by atoms with E-state index < -0.39 is 0 Å². The van der Waals surface area contributed by atoms with Crippen LogP contribution < -0.4 is 10.6 Å². The number of carbonyl (C=O) groups excluding carboxylic acids is 2. The van der Waals surface area contributed by atoms with Crippen LogP contribution >= 0.6 is 23.1 Å². The predicted octanol–water partition coefficient (Wildman–Crippen LogP) is 5.95. The van der Waals surface area contributed by atoms with Crippen molar-refractivity contribution >= 4 is 56.5 Å². The van der Waals surface area contributed by atoms with E-state index in [-0.39, 0.29) is 24.0 Å². The van der Waals surface area contributed by atoms with E-state index >= 15 is 0 Å². The maximum Gasteiger partial charge on any atom is 0.234 e. The molecule has 0 radical (unpaired) electrons. The Hall–Kier alpha value is -3.23. The van der Waals surface area contributed by atoms with Crippen molar-refractivity contribution in [2.24, 2.45) is 0 Å². The van der Waals surface area contributed by atoms with Gasteiger partial charge in [0, 0.05) is 5.69 Å². The lowest BCUT2D eigenvalue weighted by Gasteiger charge is -2.06. The van der Waals surface area contributed by atoms with Crippen molar-refractivity contribution < 1.29 is 9.59 Å². The van der Waals surface area contributed by atoms with Crippen molar-refractivity contribution in [3.05, 3.63) is 77.9 Å². The molecule has 4 rings (SSSR count). The number of anilines is 2. The lowest BCUT2D eigenvalue weighted by atomic mass is 10.0. The number of aryl methyl sites for hydroxylation is 1. The van der Waals surface area contributed by atoms with Crippen LogP contribution in [0.1, 0.15) is 30.9 Å². The first-order chi connectivity index (χ1) is 16.6. The zero-order chi connectivity index (χ0) is 23.8. The second-order valence-corrected chi connectivity index (χ2v) is 10.1. The third-order valence-electron chi connectivity index (χ3n) is 5.27. The summed E-state index contributed by atoms with van der Waals surface area (Å²) >= 11 is 2.56. The quantitative estimate of drug-likeness (QED) is 0.212. The van der Waals surface area contributed by atoms with Crippen LogP contribution in [0.4, 0.5) is 10.8 Å². The molecule has 1 heterocycles. The number of hydrogen-bond donors (Lipinski definition) is 2. The summed E-state index contributed by atoms with van der Waals surface area (Å²) in [6, 6.07) is 21.9. The highest BCUT2D eigenvalue weighted by molar-refractivity contribution is 8.01. The second kappa shape index (κ2) is 11.8. The Morgan fingerprint density at radius 3 is 2.53 bits per heavy atom. The molecule has 0 aliphatic rings. The van der Waals surface area contributed by atoms with Gasteiger partial charge < -0.3 is 10.6 Å². The molecule has 3 aromatic carbocycles. The molecular formula is C26H26N4O2S2. The topological polar surface area (TPSA) is 84.0 Å². The fourth-order valence-corrected chi connectivity index (χ4v) is 5.13. The molecule has 2 N–H and O–H groups in total. The first-order valence-electron chi connectivity index (χ1n) is 11.2. The van der Waals surface area contributed by atoms with Gasteiger partial charge in [0.15, 0.2) is 4.34 Å². The molecule has 2 amide bonds. The van der Waals surface area contributed by atoms with E-state index in [4.69, 9.17) is 0 Å². The molecule has 0 aliphatic carbocycles. The number of rotatable bonds is 10. The molecule has 0 atom stereocenters. The zero-order valence-electron chi connectivity index (χ0n) is 18.9. The Morgan fingerprint density at radius 2 is 1.71 bits per heavy atom. The Balaban J connectivity index is 1.25. The van der Waals surface area contributed by atoms with E-state index in [9.17, 15) is 9.59 Å². The summed E-state index contributed by atoms with van der Waals surface area (Å²) in [7, 11) is 0. The molecule has 4 aromatic rings. The van der Waals surface area contributed by atoms with Gasteiger partial charge in [-0.05, 0) is 46.9 Å². The van der Waals surface area contributed by atoms with E-state index in [2.05, 4.69) is 39.9 Å². The summed E-state index contributed by atoms with van der Waals surface area (Å²) in [4.78, 5) is 24.8. The van der Waals surface area contributed by atoms with Gasteiger partial charge in [0.25, 0.3) is 0 Å². The first kappa shape index (κ1) is 23.9. The molecule has 0 saturated heterocycles. The van der Waals surface area contributed by atoms with Gasteiger partial charge in [0.1, 0.15) is 0 Å². The minimum absolute atomic E-state index is 0.108. The molecule has 0 fully saturated rings. The van der Waals surface area contributed by atoms with Gasteiger partial charge in [0.05, 0.1) is 12.2 Å². The van der Waals surface area contributed by atoms with Crippen LogP contribution in [0.15, 0.2) is 71.1 Å². The smallest absolute Gasteiger partial charge is 0.234 e. The number of aromatic nitrogens is 2. The third-order valence-corrected chi connectivity index (χ3v) is 7.24. The third kappa shape index (κ3) is 6.65. The highest BCUT2D eigenvalue weighted by Gasteiger charge is 2.12. The van der Waals surface area contributed by atoms with Crippen molar-refractivity contribution in [2.45, 2.75) is 36.9 Å². The molecule has 6 nitrogen and oxygen atoms in total. The van der Waals surface area contributed by atoms with Crippen LogP contribution in [0.25, 0.3) is 10.8 Å². The molecule has 34 heavy (non-hydrogen) atoms. The summed E-state index contributed by atoms with van der Waals surface area (Å²) in [5.41, 5.74) is 3.02. The minimum Gasteiger partial charge on any atom is -0.325 e. The van der Waals surface area contributed by atoms with Gasteiger partial charge in [-0.25, -0.2) is 0 Å². The Labute approximate surface area is 207 Å². The van der Waals surface area contributed by atoms with E-state index in [1.807, 2.05) is 54.6 Å². The van der Waals surface area contributed by atoms with Gasteiger partial charge >= 0.3 is 0 Å². The number of carbonyl (C=O) groups is 2. The van der Waals surface area contributed by atoms with Gasteiger partial charge in [-0.3, -0.25) is 9.59 Å². The molecule has 1 aromatic heterocycles. The van der Waals surface area contributed by atoms with Crippen molar-refractivity contribution in [1.82, 2.24) is 10.2 Å². The molecule has 174 valence electrons. The van der Waals surface area contributed by atoms with Crippen LogP contribution in [0.5, 0.6) is 0 Å². The number of amides is 2. The van der Waals surface area contributed by atoms with Gasteiger partial charge in [-0.15, -0.1) is 10.2 Å². The number of benzene rings is 3. The normalized spacial score (nSPS) is 10.9. The van der Waals surface area contributed by atoms with Crippen LogP contribution in [-0.4, -0.2) is 27.8 Å². The summed E-state index contributed by atoms with van der Waals surface area (Å²) in [5.74, 6) is -0.0388. The fraction of sp³-hybridized carbons (Fsp3) is 0.231. The van der Waals surface area contributed by atoms with Crippen molar-refractivity contribution in [3.63, 3.8) is 0 Å². The largest absolute Gasteiger partial charge is 0.325 e. The second-order valence-electron chi connectivity index (χ2n) is 7.87. The lowest BCUT2D eigenvalue weighted by Crippen LogP contribution is -2.14. The SMILES string of the molecule is CCCCc1ccc(NC(=O)CSc2nnc(NC(=O)Cc3cccc4ccccc34)s2)cc1. The molecule has 0 bridgehead atoms. The van der Waals surface area contributed by atoms with E-state index in [0.29, 0.717) is 9.47 Å². The lowest BCUT2D eigenvalue weighted by molar-refractivity contribution is -0.115. The minimum atomic E-state index is -0.149. The van der Waals surface area contributed by atoms with Crippen molar-refractivity contribution in [3.8, 4) is 0 Å². The van der Waals surface area contributed by atoms with Gasteiger partial charge in [-0.1, -0.05) is 91.0 Å². The Morgan fingerprint density at radius 1 is 0.912 bits per heavy atom. The van der Waals surface area contributed by atoms with Crippen LogP contribution in [-0.2, 0) is 22.4 Å². The van der Waals surface area contributed by atoms with Gasteiger partial charge in [0.2, 0.25) is 16.9 Å². The molecule has 8 heteroatoms. The van der Waals surface area contributed by atoms with Gasteiger partial charge in [-0.2, -0.15) is 0 Å². The number of unbranched alkanes of at least 4 members (excludes halogenated alkanes) is 1. The summed E-state index contributed by atoms with van der Waals surface area (Å²) in [5, 5.41) is 16.4. The monoisotopic (exact) mass is 490 g/mol. The average molecular weight is 491 g/mol. The number of hydrogen-bond acceptors (Lipinski definition) is 6. The van der Waals surface area contributed by atoms with E-state index in [1.54, 1.807) is 0 Å².